The summed E-state index contributed by atoms with van der Waals surface area (Å²) >= 11 is 5.92. The fraction of sp³-hybridized carbons (Fsp3) is 0.154. The second-order valence-electron chi connectivity index (χ2n) is 8.13. The summed E-state index contributed by atoms with van der Waals surface area (Å²) in [6.07, 6.45) is 5.11. The molecule has 1 amide bonds. The number of pyridine rings is 1. The Morgan fingerprint density at radius 3 is 2.54 bits per heavy atom. The number of nitrogens with zero attached hydrogens (tertiary/aromatic N) is 5. The number of amides is 1. The Morgan fingerprint density at radius 1 is 1.09 bits per heavy atom. The van der Waals surface area contributed by atoms with E-state index in [4.69, 9.17) is 16.3 Å². The molecule has 2 aromatic carbocycles. The first-order valence-electron chi connectivity index (χ1n) is 11.0. The lowest BCUT2D eigenvalue weighted by Crippen LogP contribution is -2.19. The van der Waals surface area contributed by atoms with Crippen molar-refractivity contribution in [3.63, 3.8) is 0 Å². The van der Waals surface area contributed by atoms with E-state index in [0.29, 0.717) is 22.9 Å². The molecule has 0 aliphatic heterocycles. The third-order valence-corrected chi connectivity index (χ3v) is 5.88. The van der Waals surface area contributed by atoms with Gasteiger partial charge in [0, 0.05) is 23.5 Å². The zero-order chi connectivity index (χ0) is 24.4. The number of carbonyl (C=O) groups is 1. The Labute approximate surface area is 207 Å². The van der Waals surface area contributed by atoms with Crippen LogP contribution in [0.5, 0.6) is 5.75 Å². The predicted molar refractivity (Wildman–Crippen MR) is 136 cm³/mol. The molecule has 5 aromatic rings. The fourth-order valence-corrected chi connectivity index (χ4v) is 4.20. The summed E-state index contributed by atoms with van der Waals surface area (Å²) in [5.74, 6) is 0.611. The van der Waals surface area contributed by atoms with E-state index in [0.717, 1.165) is 33.5 Å². The summed E-state index contributed by atoms with van der Waals surface area (Å²) in [6.45, 7) is 2.58. The maximum atomic E-state index is 12.8. The van der Waals surface area contributed by atoms with Gasteiger partial charge in [-0.25, -0.2) is 9.67 Å². The smallest absolute Gasteiger partial charge is 0.246 e. The Kier molecular flexibility index (Phi) is 6.20. The molecule has 8 nitrogen and oxygen atoms in total. The van der Waals surface area contributed by atoms with Gasteiger partial charge in [-0.1, -0.05) is 35.9 Å². The molecule has 0 aliphatic carbocycles. The highest BCUT2D eigenvalue weighted by Crippen LogP contribution is 2.31. The SMILES string of the molecule is COc1ccc(-c2ccnc3c2c(C)nn3CC(=O)Nc2ccc(Cn3cc(Cl)cn3)cc2)cc1. The van der Waals surface area contributed by atoms with Gasteiger partial charge in [-0.3, -0.25) is 9.48 Å². The van der Waals surface area contributed by atoms with Crippen LogP contribution in [0, 0.1) is 6.92 Å². The molecule has 5 rings (SSSR count). The predicted octanol–water partition coefficient (Wildman–Crippen LogP) is 4.95. The second kappa shape index (κ2) is 9.60. The number of hydrogen-bond donors (Lipinski definition) is 1. The molecule has 0 fully saturated rings. The van der Waals surface area contributed by atoms with Crippen LogP contribution < -0.4 is 10.1 Å². The highest BCUT2D eigenvalue weighted by Gasteiger charge is 2.16. The van der Waals surface area contributed by atoms with Gasteiger partial charge in [0.1, 0.15) is 12.3 Å². The molecule has 0 radical (unpaired) electrons. The van der Waals surface area contributed by atoms with Crippen LogP contribution >= 0.6 is 11.6 Å². The molecule has 3 heterocycles. The minimum absolute atomic E-state index is 0.0525. The Hall–Kier alpha value is -4.17. The maximum absolute atomic E-state index is 12.8. The van der Waals surface area contributed by atoms with Crippen molar-refractivity contribution < 1.29 is 9.53 Å². The Balaban J connectivity index is 1.31. The molecular formula is C26H23ClN6O2. The van der Waals surface area contributed by atoms with Crippen molar-refractivity contribution in [3.05, 3.63) is 89.5 Å². The first-order valence-corrected chi connectivity index (χ1v) is 11.4. The minimum atomic E-state index is -0.183. The number of carbonyl (C=O) groups excluding carboxylic acids is 1. The van der Waals surface area contributed by atoms with Crippen LogP contribution in [0.4, 0.5) is 5.69 Å². The lowest BCUT2D eigenvalue weighted by molar-refractivity contribution is -0.116. The molecule has 3 aromatic heterocycles. The molecule has 176 valence electrons. The van der Waals surface area contributed by atoms with E-state index in [1.807, 2.05) is 61.5 Å². The molecule has 9 heteroatoms. The Bertz CT molecular complexity index is 1490. The third kappa shape index (κ3) is 4.88. The number of fused-ring (bicyclic) bond motifs is 1. The van der Waals surface area contributed by atoms with Gasteiger partial charge in [-0.15, -0.1) is 0 Å². The van der Waals surface area contributed by atoms with Crippen LogP contribution in [0.3, 0.4) is 0 Å². The van der Waals surface area contributed by atoms with Crippen LogP contribution in [0.25, 0.3) is 22.2 Å². The maximum Gasteiger partial charge on any atom is 0.246 e. The average molecular weight is 487 g/mol. The zero-order valence-corrected chi connectivity index (χ0v) is 20.0. The summed E-state index contributed by atoms with van der Waals surface area (Å²) in [6, 6.07) is 17.4. The first-order chi connectivity index (χ1) is 17.0. The van der Waals surface area contributed by atoms with Gasteiger partial charge in [0.25, 0.3) is 0 Å². The summed E-state index contributed by atoms with van der Waals surface area (Å²) in [4.78, 5) is 17.3. The number of aryl methyl sites for hydroxylation is 1. The number of benzene rings is 2. The van der Waals surface area contributed by atoms with Gasteiger partial charge >= 0.3 is 0 Å². The van der Waals surface area contributed by atoms with E-state index in [-0.39, 0.29) is 12.5 Å². The highest BCUT2D eigenvalue weighted by molar-refractivity contribution is 6.30. The van der Waals surface area contributed by atoms with Crippen LogP contribution in [0.2, 0.25) is 5.02 Å². The monoisotopic (exact) mass is 486 g/mol. The van der Waals surface area contributed by atoms with Crippen molar-refractivity contribution in [2.75, 3.05) is 12.4 Å². The molecule has 35 heavy (non-hydrogen) atoms. The number of hydrogen-bond acceptors (Lipinski definition) is 5. The van der Waals surface area contributed by atoms with Crippen LogP contribution in [0.15, 0.2) is 73.2 Å². The number of anilines is 1. The number of halogens is 1. The van der Waals surface area contributed by atoms with Gasteiger partial charge in [0.15, 0.2) is 5.65 Å². The zero-order valence-electron chi connectivity index (χ0n) is 19.3. The molecule has 1 N–H and O–H groups in total. The standard InChI is InChI=1S/C26H23ClN6O2/c1-17-25-23(19-5-9-22(35-2)10-6-19)11-12-28-26(25)33(31-17)16-24(34)30-21-7-3-18(4-8-21)14-32-15-20(27)13-29-32/h3-13,15H,14,16H2,1-2H3,(H,30,34). The van der Waals surface area contributed by atoms with E-state index in [2.05, 4.69) is 20.5 Å². The van der Waals surface area contributed by atoms with Crippen molar-refractivity contribution in [3.8, 4) is 16.9 Å². The number of aromatic nitrogens is 5. The lowest BCUT2D eigenvalue weighted by atomic mass is 10.0. The van der Waals surface area contributed by atoms with Gasteiger partial charge in [-0.2, -0.15) is 10.2 Å². The average Bonchev–Trinajstić information content (AvgIpc) is 3.42. The van der Waals surface area contributed by atoms with E-state index < -0.39 is 0 Å². The molecular weight excluding hydrogens is 464 g/mol. The number of methoxy groups -OCH3 is 1. The fourth-order valence-electron chi connectivity index (χ4n) is 4.04. The number of ether oxygens (including phenoxy) is 1. The minimum Gasteiger partial charge on any atom is -0.497 e. The largest absolute Gasteiger partial charge is 0.497 e. The van der Waals surface area contributed by atoms with Crippen molar-refractivity contribution in [2.45, 2.75) is 20.0 Å². The number of nitrogens with one attached hydrogen (secondary N) is 1. The van der Waals surface area contributed by atoms with Crippen LogP contribution in [0.1, 0.15) is 11.3 Å². The van der Waals surface area contributed by atoms with E-state index in [9.17, 15) is 4.79 Å². The second-order valence-corrected chi connectivity index (χ2v) is 8.57. The molecule has 0 spiro atoms. The lowest BCUT2D eigenvalue weighted by Gasteiger charge is -2.08. The molecule has 0 unspecified atom stereocenters. The van der Waals surface area contributed by atoms with Crippen molar-refractivity contribution >= 4 is 34.2 Å². The van der Waals surface area contributed by atoms with Gasteiger partial charge in [0.2, 0.25) is 5.91 Å². The normalized spacial score (nSPS) is 11.1. The Morgan fingerprint density at radius 2 is 1.86 bits per heavy atom. The van der Waals surface area contributed by atoms with Gasteiger partial charge in [0.05, 0.1) is 30.6 Å². The molecule has 0 saturated carbocycles. The summed E-state index contributed by atoms with van der Waals surface area (Å²) in [7, 11) is 1.64. The highest BCUT2D eigenvalue weighted by atomic mass is 35.5. The van der Waals surface area contributed by atoms with Crippen molar-refractivity contribution in [2.24, 2.45) is 0 Å². The first kappa shape index (κ1) is 22.6. The molecule has 0 aliphatic rings. The van der Waals surface area contributed by atoms with Crippen LogP contribution in [-0.2, 0) is 17.9 Å². The number of rotatable bonds is 7. The topological polar surface area (TPSA) is 86.9 Å². The van der Waals surface area contributed by atoms with Crippen molar-refractivity contribution in [1.82, 2.24) is 24.5 Å². The molecule has 0 saturated heterocycles. The van der Waals surface area contributed by atoms with E-state index >= 15 is 0 Å². The molecule has 0 atom stereocenters. The van der Waals surface area contributed by atoms with E-state index in [1.165, 1.54) is 0 Å². The molecule has 0 bridgehead atoms. The summed E-state index contributed by atoms with van der Waals surface area (Å²) in [5.41, 5.74) is 5.27. The summed E-state index contributed by atoms with van der Waals surface area (Å²) < 4.78 is 8.66. The van der Waals surface area contributed by atoms with Crippen molar-refractivity contribution in [1.29, 1.82) is 0 Å². The van der Waals surface area contributed by atoms with Crippen LogP contribution in [-0.4, -0.2) is 37.6 Å². The summed E-state index contributed by atoms with van der Waals surface area (Å²) in [5, 5.41) is 13.2. The quantitative estimate of drug-likeness (QED) is 0.351. The third-order valence-electron chi connectivity index (χ3n) is 5.69. The van der Waals surface area contributed by atoms with Gasteiger partial charge in [-0.05, 0) is 53.9 Å². The van der Waals surface area contributed by atoms with Gasteiger partial charge < -0.3 is 10.1 Å². The van der Waals surface area contributed by atoms with E-state index in [1.54, 1.807) is 35.1 Å².